The zero-order chi connectivity index (χ0) is 22.9. The number of epoxide rings is 1. The van der Waals surface area contributed by atoms with Gasteiger partial charge in [0.1, 0.15) is 12.7 Å². The first-order chi connectivity index (χ1) is 14.3. The van der Waals surface area contributed by atoms with Crippen LogP contribution in [0.3, 0.4) is 0 Å². The Kier molecular flexibility index (Phi) is 14.4. The first-order valence-corrected chi connectivity index (χ1v) is 9.87. The lowest BCUT2D eigenvalue weighted by molar-refractivity contribution is -0.140. The Hall–Kier alpha value is -2.92. The maximum absolute atomic E-state index is 10.7. The summed E-state index contributed by atoms with van der Waals surface area (Å²) in [6.07, 6.45) is 5.78. The van der Waals surface area contributed by atoms with Gasteiger partial charge < -0.3 is 14.2 Å². The van der Waals surface area contributed by atoms with Gasteiger partial charge in [-0.05, 0) is 31.4 Å². The van der Waals surface area contributed by atoms with Gasteiger partial charge in [-0.25, -0.2) is 9.59 Å². The predicted molar refractivity (Wildman–Crippen MR) is 123 cm³/mol. The number of carbonyl (C=O) groups excluding carboxylic acids is 2. The maximum atomic E-state index is 10.7. The van der Waals surface area contributed by atoms with Crippen molar-refractivity contribution in [3.8, 4) is 0 Å². The van der Waals surface area contributed by atoms with E-state index in [9.17, 15) is 9.59 Å². The third-order valence-electron chi connectivity index (χ3n) is 3.67. The van der Waals surface area contributed by atoms with Gasteiger partial charge in [-0.15, -0.1) is 0 Å². The summed E-state index contributed by atoms with van der Waals surface area (Å²) in [5.74, 6) is -0.621. The average molecular weight is 415 g/mol. The third-order valence-corrected chi connectivity index (χ3v) is 3.67. The predicted octanol–water partition coefficient (Wildman–Crippen LogP) is 5.38. The second kappa shape index (κ2) is 15.9. The Bertz CT molecular complexity index is 702. The van der Waals surface area contributed by atoms with Crippen molar-refractivity contribution in [1.82, 2.24) is 0 Å². The summed E-state index contributed by atoms with van der Waals surface area (Å²) in [7, 11) is 0. The lowest BCUT2D eigenvalue weighted by atomic mass is 10.1. The fourth-order valence-corrected chi connectivity index (χ4v) is 1.77. The van der Waals surface area contributed by atoms with E-state index in [0.717, 1.165) is 24.0 Å². The van der Waals surface area contributed by atoms with Crippen molar-refractivity contribution in [2.45, 2.75) is 39.7 Å². The summed E-state index contributed by atoms with van der Waals surface area (Å²) in [5, 5.41) is 0. The molecule has 1 unspecified atom stereocenters. The molecule has 30 heavy (non-hydrogen) atoms. The van der Waals surface area contributed by atoms with Crippen LogP contribution in [0.4, 0.5) is 0 Å². The van der Waals surface area contributed by atoms with Crippen molar-refractivity contribution in [1.29, 1.82) is 0 Å². The number of hydrogen-bond donors (Lipinski definition) is 0. The second-order valence-corrected chi connectivity index (χ2v) is 6.64. The summed E-state index contributed by atoms with van der Waals surface area (Å²) < 4.78 is 14.4. The molecule has 1 fully saturated rings. The molecule has 1 aromatic carbocycles. The van der Waals surface area contributed by atoms with Gasteiger partial charge in [-0.3, -0.25) is 0 Å². The molecule has 0 saturated carbocycles. The SMILES string of the molecule is C=C(C)C(=O)OCC1CO1.C=C(C)C(=O)OCCCC.C=Cc1ccccc1C=C. The molecule has 0 N–H and O–H groups in total. The molecule has 164 valence electrons. The standard InChI is InChI=1S/C10H10.C8H14O2.C7H10O3/c1-3-9-7-5-6-8-10(9)4-2;1-4-5-6-10-8(9)7(2)3;1-5(2)7(8)10-4-6-3-9-6/h3-8H,1-2H2;2,4-6H2,1,3H3;6H,1,3-4H2,2H3. The van der Waals surface area contributed by atoms with Crippen LogP contribution in [0.1, 0.15) is 44.7 Å². The first-order valence-electron chi connectivity index (χ1n) is 9.87. The van der Waals surface area contributed by atoms with Crippen molar-refractivity contribution in [3.05, 3.63) is 72.9 Å². The molecule has 5 nitrogen and oxygen atoms in total. The third kappa shape index (κ3) is 13.3. The molecule has 1 aromatic rings. The summed E-state index contributed by atoms with van der Waals surface area (Å²) in [5.41, 5.74) is 3.17. The summed E-state index contributed by atoms with van der Waals surface area (Å²) in [6.45, 7) is 21.2. The van der Waals surface area contributed by atoms with E-state index in [-0.39, 0.29) is 18.0 Å². The molecule has 5 heteroatoms. The van der Waals surface area contributed by atoms with E-state index in [0.29, 0.717) is 31.0 Å². The van der Waals surface area contributed by atoms with Crippen LogP contribution < -0.4 is 0 Å². The average Bonchev–Trinajstić information content (AvgIpc) is 3.57. The van der Waals surface area contributed by atoms with E-state index in [1.165, 1.54) is 0 Å². The van der Waals surface area contributed by atoms with E-state index in [4.69, 9.17) is 14.2 Å². The minimum atomic E-state index is -0.337. The van der Waals surface area contributed by atoms with Crippen LogP contribution in [0.5, 0.6) is 0 Å². The molecule has 1 aliphatic rings. The number of rotatable bonds is 9. The Morgan fingerprint density at radius 3 is 1.87 bits per heavy atom. The van der Waals surface area contributed by atoms with Crippen molar-refractivity contribution in [3.63, 3.8) is 0 Å². The van der Waals surface area contributed by atoms with E-state index >= 15 is 0 Å². The molecule has 0 aliphatic carbocycles. The molecule has 0 aromatic heterocycles. The minimum absolute atomic E-state index is 0.142. The number of benzene rings is 1. The van der Waals surface area contributed by atoms with Gasteiger partial charge >= 0.3 is 11.9 Å². The van der Waals surface area contributed by atoms with Crippen molar-refractivity contribution in [2.24, 2.45) is 0 Å². The normalized spacial score (nSPS) is 13.2. The second-order valence-electron chi connectivity index (χ2n) is 6.64. The van der Waals surface area contributed by atoms with E-state index < -0.39 is 0 Å². The Labute approximate surface area is 180 Å². The number of ether oxygens (including phenoxy) is 3. The summed E-state index contributed by atoms with van der Waals surface area (Å²) >= 11 is 0. The molecule has 0 amide bonds. The van der Waals surface area contributed by atoms with E-state index in [1.54, 1.807) is 13.8 Å². The van der Waals surface area contributed by atoms with Crippen molar-refractivity contribution < 1.29 is 23.8 Å². The number of esters is 2. The van der Waals surface area contributed by atoms with Gasteiger partial charge in [0.05, 0.1) is 13.2 Å². The molecule has 0 spiro atoms. The van der Waals surface area contributed by atoms with Gasteiger partial charge in [0.15, 0.2) is 0 Å². The lowest BCUT2D eigenvalue weighted by Crippen LogP contribution is -2.09. The largest absolute Gasteiger partial charge is 0.462 e. The van der Waals surface area contributed by atoms with Gasteiger partial charge in [0.25, 0.3) is 0 Å². The van der Waals surface area contributed by atoms with Crippen LogP contribution in [0, 0.1) is 0 Å². The zero-order valence-corrected chi connectivity index (χ0v) is 18.4. The molecule has 2 rings (SSSR count). The maximum Gasteiger partial charge on any atom is 0.333 e. The van der Waals surface area contributed by atoms with E-state index in [1.807, 2.05) is 36.4 Å². The fraction of sp³-hybridized carbons (Fsp3) is 0.360. The van der Waals surface area contributed by atoms with Crippen LogP contribution in [0.2, 0.25) is 0 Å². The van der Waals surface area contributed by atoms with E-state index in [2.05, 4.69) is 33.2 Å². The van der Waals surface area contributed by atoms with Crippen LogP contribution in [0.15, 0.2) is 61.7 Å². The highest BCUT2D eigenvalue weighted by atomic mass is 16.6. The molecule has 0 bridgehead atoms. The molecule has 0 radical (unpaired) electrons. The Morgan fingerprint density at radius 2 is 1.50 bits per heavy atom. The topological polar surface area (TPSA) is 65.1 Å². The zero-order valence-electron chi connectivity index (χ0n) is 18.4. The fourth-order valence-electron chi connectivity index (χ4n) is 1.77. The summed E-state index contributed by atoms with van der Waals surface area (Å²) in [4.78, 5) is 21.4. The van der Waals surface area contributed by atoms with Crippen LogP contribution >= 0.6 is 0 Å². The quantitative estimate of drug-likeness (QED) is 0.235. The Morgan fingerprint density at radius 1 is 1.03 bits per heavy atom. The van der Waals surface area contributed by atoms with Gasteiger partial charge in [0.2, 0.25) is 0 Å². The van der Waals surface area contributed by atoms with Gasteiger partial charge in [0, 0.05) is 11.1 Å². The number of hydrogen-bond acceptors (Lipinski definition) is 5. The molecule has 1 heterocycles. The monoisotopic (exact) mass is 414 g/mol. The Balaban J connectivity index is 0.000000420. The lowest BCUT2D eigenvalue weighted by Gasteiger charge is -2.01. The summed E-state index contributed by atoms with van der Waals surface area (Å²) in [6, 6.07) is 8.02. The van der Waals surface area contributed by atoms with Crippen molar-refractivity contribution >= 4 is 24.1 Å². The molecule has 1 aliphatic heterocycles. The highest BCUT2D eigenvalue weighted by molar-refractivity contribution is 5.87. The number of unbranched alkanes of at least 4 members (excludes halogenated alkanes) is 1. The van der Waals surface area contributed by atoms with Gasteiger partial charge in [-0.1, -0.05) is 76.1 Å². The molecule has 1 atom stereocenters. The smallest absolute Gasteiger partial charge is 0.333 e. The number of carbonyl (C=O) groups is 2. The van der Waals surface area contributed by atoms with Gasteiger partial charge in [-0.2, -0.15) is 0 Å². The van der Waals surface area contributed by atoms with Crippen molar-refractivity contribution in [2.75, 3.05) is 19.8 Å². The van der Waals surface area contributed by atoms with Crippen LogP contribution in [-0.4, -0.2) is 37.9 Å². The molecule has 1 saturated heterocycles. The van der Waals surface area contributed by atoms with Crippen LogP contribution in [-0.2, 0) is 23.8 Å². The minimum Gasteiger partial charge on any atom is -0.462 e. The highest BCUT2D eigenvalue weighted by Crippen LogP contribution is 2.10. The molecular formula is C25H34O5. The highest BCUT2D eigenvalue weighted by Gasteiger charge is 2.24. The first kappa shape index (κ1) is 27.1. The molecular weight excluding hydrogens is 380 g/mol. The van der Waals surface area contributed by atoms with Crippen LogP contribution in [0.25, 0.3) is 12.2 Å².